The second-order valence-corrected chi connectivity index (χ2v) is 10.6. The third-order valence-electron chi connectivity index (χ3n) is 5.52. The van der Waals surface area contributed by atoms with Gasteiger partial charge in [-0.25, -0.2) is 8.42 Å². The zero-order chi connectivity index (χ0) is 21.9. The van der Waals surface area contributed by atoms with Crippen LogP contribution >= 0.6 is 23.2 Å². The number of rotatable bonds is 7. The second kappa shape index (κ2) is 9.69. The number of likely N-dealkylation sites (tertiary alicyclic amines) is 1. The van der Waals surface area contributed by atoms with Crippen molar-refractivity contribution in [2.24, 2.45) is 0 Å². The molecule has 0 radical (unpaired) electrons. The Bertz CT molecular complexity index is 1000. The number of nitrogens with zero attached hydrogens (tertiary/aromatic N) is 2. The topological polar surface area (TPSA) is 57.7 Å². The van der Waals surface area contributed by atoms with Gasteiger partial charge in [0.25, 0.3) is 0 Å². The van der Waals surface area contributed by atoms with Crippen LogP contribution < -0.4 is 0 Å². The molecule has 3 rings (SSSR count). The van der Waals surface area contributed by atoms with Crippen molar-refractivity contribution in [2.45, 2.75) is 30.2 Å². The SMILES string of the molecule is CN(C(=O)Cc1ccc(Cl)c(Cl)c1)[C@@H](CN1CCCC1)c1ccc(S(C)(=O)=O)cc1. The van der Waals surface area contributed by atoms with Gasteiger partial charge in [0, 0.05) is 19.8 Å². The molecule has 0 bridgehead atoms. The van der Waals surface area contributed by atoms with Crippen molar-refractivity contribution in [1.82, 2.24) is 9.80 Å². The molecule has 1 aliphatic rings. The maximum Gasteiger partial charge on any atom is 0.227 e. The summed E-state index contributed by atoms with van der Waals surface area (Å²) >= 11 is 12.1. The number of hydrogen-bond acceptors (Lipinski definition) is 4. The lowest BCUT2D eigenvalue weighted by atomic mass is 10.0. The van der Waals surface area contributed by atoms with Crippen molar-refractivity contribution in [1.29, 1.82) is 0 Å². The molecule has 0 saturated carbocycles. The largest absolute Gasteiger partial charge is 0.337 e. The van der Waals surface area contributed by atoms with E-state index in [1.54, 1.807) is 54.4 Å². The molecule has 2 aromatic carbocycles. The number of benzene rings is 2. The Balaban J connectivity index is 1.82. The van der Waals surface area contributed by atoms with Gasteiger partial charge in [-0.05, 0) is 61.3 Å². The number of carbonyl (C=O) groups excluding carboxylic acids is 1. The zero-order valence-electron chi connectivity index (χ0n) is 17.1. The Morgan fingerprint density at radius 3 is 2.27 bits per heavy atom. The molecular weight excluding hydrogens is 443 g/mol. The normalized spacial score (nSPS) is 15.9. The van der Waals surface area contributed by atoms with Gasteiger partial charge in [-0.1, -0.05) is 41.4 Å². The van der Waals surface area contributed by atoms with Crippen molar-refractivity contribution < 1.29 is 13.2 Å². The van der Waals surface area contributed by atoms with Gasteiger partial charge >= 0.3 is 0 Å². The molecule has 8 heteroatoms. The number of likely N-dealkylation sites (N-methyl/N-ethyl adjacent to an activating group) is 1. The highest BCUT2D eigenvalue weighted by Gasteiger charge is 2.26. The van der Waals surface area contributed by atoms with Crippen LogP contribution in [-0.2, 0) is 21.1 Å². The van der Waals surface area contributed by atoms with Gasteiger partial charge in [0.15, 0.2) is 9.84 Å². The number of halogens is 2. The van der Waals surface area contributed by atoms with Gasteiger partial charge in [-0.2, -0.15) is 0 Å². The van der Waals surface area contributed by atoms with E-state index in [-0.39, 0.29) is 23.3 Å². The van der Waals surface area contributed by atoms with Crippen molar-refractivity contribution >= 4 is 38.9 Å². The monoisotopic (exact) mass is 468 g/mol. The molecule has 162 valence electrons. The first-order valence-electron chi connectivity index (χ1n) is 9.87. The molecule has 0 unspecified atom stereocenters. The molecule has 5 nitrogen and oxygen atoms in total. The molecular formula is C22H26Cl2N2O3S. The van der Waals surface area contributed by atoms with Crippen LogP contribution in [0.4, 0.5) is 0 Å². The summed E-state index contributed by atoms with van der Waals surface area (Å²) in [6.45, 7) is 2.72. The van der Waals surface area contributed by atoms with Crippen LogP contribution in [0, 0.1) is 0 Å². The lowest BCUT2D eigenvalue weighted by Crippen LogP contribution is -2.39. The minimum atomic E-state index is -3.27. The lowest BCUT2D eigenvalue weighted by molar-refractivity contribution is -0.131. The number of hydrogen-bond donors (Lipinski definition) is 0. The first-order chi connectivity index (χ1) is 14.1. The first kappa shape index (κ1) is 23.1. The third kappa shape index (κ3) is 5.76. The molecule has 1 heterocycles. The Hall–Kier alpha value is -1.60. The van der Waals surface area contributed by atoms with E-state index in [2.05, 4.69) is 4.90 Å². The quantitative estimate of drug-likeness (QED) is 0.609. The van der Waals surface area contributed by atoms with Gasteiger partial charge in [0.1, 0.15) is 0 Å². The molecule has 2 aromatic rings. The summed E-state index contributed by atoms with van der Waals surface area (Å²) in [7, 11) is -1.47. The summed E-state index contributed by atoms with van der Waals surface area (Å²) < 4.78 is 23.6. The summed E-state index contributed by atoms with van der Waals surface area (Å²) in [5.41, 5.74) is 1.72. The van der Waals surface area contributed by atoms with E-state index in [0.29, 0.717) is 16.6 Å². The van der Waals surface area contributed by atoms with E-state index in [9.17, 15) is 13.2 Å². The average molecular weight is 469 g/mol. The summed E-state index contributed by atoms with van der Waals surface area (Å²) in [5.74, 6) is -0.0372. The molecule has 1 aliphatic heterocycles. The van der Waals surface area contributed by atoms with Gasteiger partial charge in [0.2, 0.25) is 5.91 Å². The van der Waals surface area contributed by atoms with Gasteiger partial charge in [-0.15, -0.1) is 0 Å². The number of carbonyl (C=O) groups is 1. The molecule has 1 saturated heterocycles. The first-order valence-corrected chi connectivity index (χ1v) is 12.5. The molecule has 30 heavy (non-hydrogen) atoms. The van der Waals surface area contributed by atoms with Crippen molar-refractivity contribution in [2.75, 3.05) is 32.9 Å². The Labute approximate surface area is 188 Å². The van der Waals surface area contributed by atoms with E-state index in [1.807, 2.05) is 0 Å². The van der Waals surface area contributed by atoms with Crippen molar-refractivity contribution in [3.8, 4) is 0 Å². The summed E-state index contributed by atoms with van der Waals surface area (Å²) in [4.78, 5) is 17.4. The van der Waals surface area contributed by atoms with Crippen LogP contribution in [0.15, 0.2) is 47.4 Å². The van der Waals surface area contributed by atoms with E-state index in [4.69, 9.17) is 23.2 Å². The number of amides is 1. The minimum Gasteiger partial charge on any atom is -0.337 e. The zero-order valence-corrected chi connectivity index (χ0v) is 19.5. The standard InChI is InChI=1S/C22H26Cl2N2O3S/c1-25(22(27)14-16-5-10-19(23)20(24)13-16)21(15-26-11-3-4-12-26)17-6-8-18(9-7-17)30(2,28)29/h5-10,13,21H,3-4,11-12,14-15H2,1-2H3/t21-/m0/s1. The molecule has 1 atom stereocenters. The number of sulfone groups is 1. The van der Waals surface area contributed by atoms with E-state index < -0.39 is 9.84 Å². The Morgan fingerprint density at radius 2 is 1.70 bits per heavy atom. The van der Waals surface area contributed by atoms with Crippen LogP contribution in [0.3, 0.4) is 0 Å². The summed E-state index contributed by atoms with van der Waals surface area (Å²) in [5, 5.41) is 0.883. The smallest absolute Gasteiger partial charge is 0.227 e. The van der Waals surface area contributed by atoms with Crippen LogP contribution in [0.1, 0.15) is 30.0 Å². The third-order valence-corrected chi connectivity index (χ3v) is 7.39. The molecule has 0 spiro atoms. The molecule has 0 aromatic heterocycles. The fraction of sp³-hybridized carbons (Fsp3) is 0.409. The summed E-state index contributed by atoms with van der Waals surface area (Å²) in [6, 6.07) is 11.9. The average Bonchev–Trinajstić information content (AvgIpc) is 3.21. The predicted molar refractivity (Wildman–Crippen MR) is 121 cm³/mol. The minimum absolute atomic E-state index is 0.0372. The maximum absolute atomic E-state index is 13.1. The molecule has 0 N–H and O–H groups in total. The van der Waals surface area contributed by atoms with Gasteiger partial charge in [0.05, 0.1) is 27.4 Å². The summed E-state index contributed by atoms with van der Waals surface area (Å²) in [6.07, 6.45) is 3.71. The highest BCUT2D eigenvalue weighted by molar-refractivity contribution is 7.90. The van der Waals surface area contributed by atoms with E-state index in [1.165, 1.54) is 6.26 Å². The van der Waals surface area contributed by atoms with E-state index >= 15 is 0 Å². The Morgan fingerprint density at radius 1 is 1.07 bits per heavy atom. The molecule has 1 amide bonds. The van der Waals surface area contributed by atoms with Gasteiger partial charge in [-0.3, -0.25) is 4.79 Å². The van der Waals surface area contributed by atoms with Crippen LogP contribution in [0.5, 0.6) is 0 Å². The van der Waals surface area contributed by atoms with Crippen molar-refractivity contribution in [3.63, 3.8) is 0 Å². The van der Waals surface area contributed by atoms with Crippen molar-refractivity contribution in [3.05, 3.63) is 63.6 Å². The Kier molecular flexibility index (Phi) is 7.45. The highest BCUT2D eigenvalue weighted by Crippen LogP contribution is 2.26. The van der Waals surface area contributed by atoms with Crippen LogP contribution in [0.2, 0.25) is 10.0 Å². The molecule has 0 aliphatic carbocycles. The molecule has 1 fully saturated rings. The fourth-order valence-corrected chi connectivity index (χ4v) is 4.67. The predicted octanol–water partition coefficient (Wildman–Crippen LogP) is 4.23. The van der Waals surface area contributed by atoms with Crippen LogP contribution in [-0.4, -0.2) is 57.1 Å². The second-order valence-electron chi connectivity index (χ2n) is 7.79. The highest BCUT2D eigenvalue weighted by atomic mass is 35.5. The van der Waals surface area contributed by atoms with Crippen LogP contribution in [0.25, 0.3) is 0 Å². The van der Waals surface area contributed by atoms with E-state index in [0.717, 1.165) is 37.1 Å². The fourth-order valence-electron chi connectivity index (χ4n) is 3.72. The maximum atomic E-state index is 13.1. The van der Waals surface area contributed by atoms with Gasteiger partial charge < -0.3 is 9.80 Å². The lowest BCUT2D eigenvalue weighted by Gasteiger charge is -2.32.